The van der Waals surface area contributed by atoms with E-state index in [1.165, 1.54) is 0 Å². The van der Waals surface area contributed by atoms with Crippen molar-refractivity contribution in [3.63, 3.8) is 0 Å². The number of rotatable bonds is 3. The number of halogens is 4. The number of carbonyl (C=O) groups is 1. The van der Waals surface area contributed by atoms with E-state index in [0.717, 1.165) is 30.0 Å². The van der Waals surface area contributed by atoms with Crippen LogP contribution >= 0.6 is 11.6 Å². The highest BCUT2D eigenvalue weighted by molar-refractivity contribution is 7.92. The number of sulfone groups is 1. The van der Waals surface area contributed by atoms with Crippen molar-refractivity contribution in [2.24, 2.45) is 0 Å². The van der Waals surface area contributed by atoms with Crippen molar-refractivity contribution in [2.45, 2.75) is 10.4 Å². The summed E-state index contributed by atoms with van der Waals surface area (Å²) in [6, 6.07) is 11.2. The summed E-state index contributed by atoms with van der Waals surface area (Å²) in [4.78, 5) is 15.3. The van der Waals surface area contributed by atoms with E-state index in [9.17, 15) is 26.4 Å². The first-order chi connectivity index (χ1) is 13.1. The van der Waals surface area contributed by atoms with Gasteiger partial charge >= 0.3 is 5.51 Å². The number of carbonyl (C=O) groups excluding carboxylic acids is 1. The fraction of sp³-hybridized carbons (Fsp3) is 0.278. The fourth-order valence-corrected chi connectivity index (χ4v) is 3.97. The maximum Gasteiger partial charge on any atom is 0.501 e. The molecular weight excluding hydrogens is 417 g/mol. The van der Waals surface area contributed by atoms with Crippen LogP contribution in [0.2, 0.25) is 5.02 Å². The number of nitrogens with zero attached hydrogens (tertiary/aromatic N) is 2. The minimum absolute atomic E-state index is 0.132. The van der Waals surface area contributed by atoms with E-state index in [4.69, 9.17) is 11.6 Å². The molecule has 150 valence electrons. The molecule has 5 nitrogen and oxygen atoms in total. The van der Waals surface area contributed by atoms with Gasteiger partial charge in [0.1, 0.15) is 0 Å². The summed E-state index contributed by atoms with van der Waals surface area (Å²) in [6.07, 6.45) is 0. The zero-order valence-electron chi connectivity index (χ0n) is 14.5. The van der Waals surface area contributed by atoms with Gasteiger partial charge in [-0.2, -0.15) is 13.2 Å². The zero-order valence-corrected chi connectivity index (χ0v) is 16.1. The van der Waals surface area contributed by atoms with E-state index in [1.54, 1.807) is 11.0 Å². The van der Waals surface area contributed by atoms with Crippen molar-refractivity contribution >= 4 is 33.0 Å². The third-order valence-electron chi connectivity index (χ3n) is 4.48. The summed E-state index contributed by atoms with van der Waals surface area (Å²) in [5.74, 6) is -0.366. The average molecular weight is 433 g/mol. The predicted molar refractivity (Wildman–Crippen MR) is 99.3 cm³/mol. The van der Waals surface area contributed by atoms with Gasteiger partial charge in [0.15, 0.2) is 0 Å². The second-order valence-corrected chi connectivity index (χ2v) is 8.55. The maximum absolute atomic E-state index is 12.6. The summed E-state index contributed by atoms with van der Waals surface area (Å²) in [5.41, 5.74) is -4.38. The van der Waals surface area contributed by atoms with E-state index in [0.29, 0.717) is 31.2 Å². The molecule has 1 aliphatic rings. The van der Waals surface area contributed by atoms with Crippen LogP contribution in [0.25, 0.3) is 0 Å². The van der Waals surface area contributed by atoms with Gasteiger partial charge in [0.25, 0.3) is 15.7 Å². The first-order valence-electron chi connectivity index (χ1n) is 8.31. The molecule has 0 N–H and O–H groups in total. The van der Waals surface area contributed by atoms with Gasteiger partial charge in [-0.05, 0) is 36.4 Å². The van der Waals surface area contributed by atoms with Gasteiger partial charge in [0.05, 0.1) is 15.6 Å². The molecule has 1 saturated heterocycles. The number of hydrogen-bond donors (Lipinski definition) is 0. The first kappa shape index (κ1) is 20.5. The van der Waals surface area contributed by atoms with Gasteiger partial charge in [0.2, 0.25) is 0 Å². The highest BCUT2D eigenvalue weighted by Crippen LogP contribution is 2.30. The Balaban J connectivity index is 1.68. The molecule has 0 spiro atoms. The molecule has 1 heterocycles. The number of para-hydroxylation sites is 1. The van der Waals surface area contributed by atoms with Gasteiger partial charge in [-0.1, -0.05) is 23.7 Å². The van der Waals surface area contributed by atoms with Crippen LogP contribution in [0.5, 0.6) is 0 Å². The van der Waals surface area contributed by atoms with Crippen LogP contribution in [0, 0.1) is 0 Å². The lowest BCUT2D eigenvalue weighted by Crippen LogP contribution is -2.48. The summed E-state index contributed by atoms with van der Waals surface area (Å²) in [5, 5.41) is 0.615. The Labute approximate surface area is 165 Å². The topological polar surface area (TPSA) is 57.7 Å². The van der Waals surface area contributed by atoms with Crippen LogP contribution in [0.3, 0.4) is 0 Å². The van der Waals surface area contributed by atoms with E-state index < -0.39 is 20.2 Å². The Morgan fingerprint density at radius 3 is 2.04 bits per heavy atom. The van der Waals surface area contributed by atoms with Crippen molar-refractivity contribution in [3.8, 4) is 0 Å². The molecule has 0 radical (unpaired) electrons. The molecule has 1 amide bonds. The van der Waals surface area contributed by atoms with Gasteiger partial charge in [-0.3, -0.25) is 4.79 Å². The Bertz CT molecular complexity index is 970. The second kappa shape index (κ2) is 7.63. The maximum atomic E-state index is 12.6. The normalized spacial score (nSPS) is 15.6. The minimum atomic E-state index is -5.43. The van der Waals surface area contributed by atoms with Gasteiger partial charge < -0.3 is 9.80 Å². The lowest BCUT2D eigenvalue weighted by atomic mass is 10.1. The second-order valence-electron chi connectivity index (χ2n) is 6.20. The van der Waals surface area contributed by atoms with Crippen LogP contribution < -0.4 is 4.90 Å². The Hall–Kier alpha value is -2.26. The van der Waals surface area contributed by atoms with E-state index >= 15 is 0 Å². The predicted octanol–water partition coefficient (Wildman–Crippen LogP) is 3.60. The number of benzene rings is 2. The molecule has 2 aromatic rings. The Kier molecular flexibility index (Phi) is 5.58. The summed E-state index contributed by atoms with van der Waals surface area (Å²) in [6.45, 7) is 1.92. The monoisotopic (exact) mass is 432 g/mol. The average Bonchev–Trinajstić information content (AvgIpc) is 2.67. The van der Waals surface area contributed by atoms with E-state index in [-0.39, 0.29) is 11.5 Å². The smallest absolute Gasteiger partial charge is 0.367 e. The number of alkyl halides is 3. The summed E-state index contributed by atoms with van der Waals surface area (Å²) in [7, 11) is -5.43. The molecule has 0 unspecified atom stereocenters. The van der Waals surface area contributed by atoms with Crippen LogP contribution in [0.15, 0.2) is 53.4 Å². The van der Waals surface area contributed by atoms with Crippen molar-refractivity contribution in [2.75, 3.05) is 31.1 Å². The van der Waals surface area contributed by atoms with Crippen molar-refractivity contribution in [3.05, 3.63) is 59.1 Å². The number of piperazine rings is 1. The third kappa shape index (κ3) is 3.95. The standard InChI is InChI=1S/C18H16ClF3N2O3S/c19-15-3-1-2-4-16(15)23-9-11-24(12-10-23)17(25)13-5-7-14(8-6-13)28(26,27)18(20,21)22/h1-8H,9-12H2. The third-order valence-corrected chi connectivity index (χ3v) is 6.30. The quantitative estimate of drug-likeness (QED) is 0.743. The molecule has 0 saturated carbocycles. The SMILES string of the molecule is O=C(c1ccc(S(=O)(=O)C(F)(F)F)cc1)N1CCN(c2ccccc2Cl)CC1. The fourth-order valence-electron chi connectivity index (χ4n) is 2.95. The van der Waals surface area contributed by atoms with E-state index in [2.05, 4.69) is 0 Å². The molecule has 1 fully saturated rings. The van der Waals surface area contributed by atoms with Crippen molar-refractivity contribution in [1.82, 2.24) is 4.90 Å². The van der Waals surface area contributed by atoms with Gasteiger partial charge in [-0.25, -0.2) is 8.42 Å². The molecule has 3 rings (SSSR count). The molecular formula is C18H16ClF3N2O3S. The number of anilines is 1. The van der Waals surface area contributed by atoms with Crippen LogP contribution in [0.1, 0.15) is 10.4 Å². The number of hydrogen-bond acceptors (Lipinski definition) is 4. The summed E-state index contributed by atoms with van der Waals surface area (Å²) < 4.78 is 60.6. The molecule has 1 aliphatic heterocycles. The zero-order chi connectivity index (χ0) is 20.5. The Morgan fingerprint density at radius 2 is 1.50 bits per heavy atom. The molecule has 2 aromatic carbocycles. The van der Waals surface area contributed by atoms with Gasteiger partial charge in [0, 0.05) is 31.7 Å². The van der Waals surface area contributed by atoms with Gasteiger partial charge in [-0.15, -0.1) is 0 Å². The molecule has 28 heavy (non-hydrogen) atoms. The molecule has 0 aliphatic carbocycles. The largest absolute Gasteiger partial charge is 0.501 e. The van der Waals surface area contributed by atoms with Crippen LogP contribution in [-0.4, -0.2) is 50.9 Å². The number of amides is 1. The molecule has 0 aromatic heterocycles. The van der Waals surface area contributed by atoms with Crippen LogP contribution in [0.4, 0.5) is 18.9 Å². The van der Waals surface area contributed by atoms with Crippen molar-refractivity contribution in [1.29, 1.82) is 0 Å². The van der Waals surface area contributed by atoms with Crippen LogP contribution in [-0.2, 0) is 9.84 Å². The highest BCUT2D eigenvalue weighted by atomic mass is 35.5. The lowest BCUT2D eigenvalue weighted by Gasteiger charge is -2.36. The van der Waals surface area contributed by atoms with Crippen molar-refractivity contribution < 1.29 is 26.4 Å². The molecule has 0 atom stereocenters. The van der Waals surface area contributed by atoms with E-state index in [1.807, 2.05) is 23.1 Å². The lowest BCUT2D eigenvalue weighted by molar-refractivity contribution is -0.0436. The Morgan fingerprint density at radius 1 is 0.929 bits per heavy atom. The first-order valence-corrected chi connectivity index (χ1v) is 10.2. The molecule has 0 bridgehead atoms. The summed E-state index contributed by atoms with van der Waals surface area (Å²) >= 11 is 6.18. The highest BCUT2D eigenvalue weighted by Gasteiger charge is 2.46. The molecule has 10 heteroatoms. The minimum Gasteiger partial charge on any atom is -0.367 e.